The second-order valence-electron chi connectivity index (χ2n) is 4.26. The fraction of sp³-hybridized carbons (Fsp3) is 0.188. The minimum absolute atomic E-state index is 0.00153. The van der Waals surface area contributed by atoms with Crippen molar-refractivity contribution in [2.45, 2.75) is 6.10 Å². The van der Waals surface area contributed by atoms with Crippen molar-refractivity contribution in [3.05, 3.63) is 54.6 Å². The molecule has 2 aromatic rings. The van der Waals surface area contributed by atoms with E-state index in [1.54, 1.807) is 6.07 Å². The Morgan fingerprint density at radius 1 is 1.10 bits per heavy atom. The van der Waals surface area contributed by atoms with Gasteiger partial charge in [-0.2, -0.15) is 0 Å². The molecule has 0 aliphatic rings. The third-order valence-corrected chi connectivity index (χ3v) is 2.83. The monoisotopic (exact) mass is 272 g/mol. The number of carboxylic acid groups (broad SMARTS) is 1. The van der Waals surface area contributed by atoms with Gasteiger partial charge in [0, 0.05) is 12.7 Å². The molecule has 4 nitrogen and oxygen atoms in total. The van der Waals surface area contributed by atoms with E-state index in [4.69, 9.17) is 14.6 Å². The van der Waals surface area contributed by atoms with Gasteiger partial charge in [0.15, 0.2) is 0 Å². The first-order valence-corrected chi connectivity index (χ1v) is 6.25. The molecule has 2 aromatic carbocycles. The highest BCUT2D eigenvalue weighted by Gasteiger charge is 2.20. The van der Waals surface area contributed by atoms with E-state index in [1.807, 2.05) is 48.5 Å². The Balaban J connectivity index is 2.31. The van der Waals surface area contributed by atoms with Crippen LogP contribution in [0.5, 0.6) is 5.75 Å². The van der Waals surface area contributed by atoms with E-state index in [0.717, 1.165) is 11.1 Å². The van der Waals surface area contributed by atoms with E-state index < -0.39 is 12.1 Å². The highest BCUT2D eigenvalue weighted by Crippen LogP contribution is 2.30. The maximum absolute atomic E-state index is 11.1. The number of rotatable bonds is 6. The standard InChI is InChI=1S/C16H16O4/c1-19-11-15(16(17)18)20-14-10-6-5-9-13(14)12-7-3-2-4-8-12/h2-10,15H,11H2,1H3,(H,17,18). The molecular weight excluding hydrogens is 256 g/mol. The van der Waals surface area contributed by atoms with Crippen LogP contribution in [0.2, 0.25) is 0 Å². The van der Waals surface area contributed by atoms with Crippen LogP contribution in [0.15, 0.2) is 54.6 Å². The molecule has 0 spiro atoms. The number of hydrogen-bond donors (Lipinski definition) is 1. The first-order chi connectivity index (χ1) is 9.72. The number of hydrogen-bond acceptors (Lipinski definition) is 3. The van der Waals surface area contributed by atoms with Crippen LogP contribution in [0.25, 0.3) is 11.1 Å². The van der Waals surface area contributed by atoms with Crippen molar-refractivity contribution < 1.29 is 19.4 Å². The summed E-state index contributed by atoms with van der Waals surface area (Å²) >= 11 is 0. The van der Waals surface area contributed by atoms with Crippen molar-refractivity contribution in [1.82, 2.24) is 0 Å². The van der Waals surface area contributed by atoms with Crippen LogP contribution in [-0.2, 0) is 9.53 Å². The van der Waals surface area contributed by atoms with E-state index in [2.05, 4.69) is 0 Å². The molecule has 0 heterocycles. The van der Waals surface area contributed by atoms with Crippen LogP contribution in [-0.4, -0.2) is 30.9 Å². The van der Waals surface area contributed by atoms with Gasteiger partial charge in [-0.1, -0.05) is 48.5 Å². The Labute approximate surface area is 117 Å². The summed E-state index contributed by atoms with van der Waals surface area (Å²) in [7, 11) is 1.45. The maximum Gasteiger partial charge on any atom is 0.347 e. The summed E-state index contributed by atoms with van der Waals surface area (Å²) in [4.78, 5) is 11.1. The van der Waals surface area contributed by atoms with E-state index in [9.17, 15) is 4.79 Å². The smallest absolute Gasteiger partial charge is 0.347 e. The largest absolute Gasteiger partial charge is 0.478 e. The molecule has 2 rings (SSSR count). The van der Waals surface area contributed by atoms with Gasteiger partial charge in [-0.15, -0.1) is 0 Å². The Kier molecular flexibility index (Phi) is 4.74. The highest BCUT2D eigenvalue weighted by atomic mass is 16.5. The van der Waals surface area contributed by atoms with Crippen molar-refractivity contribution in [1.29, 1.82) is 0 Å². The summed E-state index contributed by atoms with van der Waals surface area (Å²) < 4.78 is 10.5. The number of para-hydroxylation sites is 1. The zero-order valence-corrected chi connectivity index (χ0v) is 11.2. The highest BCUT2D eigenvalue weighted by molar-refractivity contribution is 5.75. The van der Waals surface area contributed by atoms with Gasteiger partial charge < -0.3 is 14.6 Å². The summed E-state index contributed by atoms with van der Waals surface area (Å²) in [5.41, 5.74) is 1.83. The third-order valence-electron chi connectivity index (χ3n) is 2.83. The van der Waals surface area contributed by atoms with Gasteiger partial charge in [0.1, 0.15) is 5.75 Å². The second-order valence-corrected chi connectivity index (χ2v) is 4.26. The van der Waals surface area contributed by atoms with Crippen molar-refractivity contribution in [3.63, 3.8) is 0 Å². The summed E-state index contributed by atoms with van der Waals surface area (Å²) in [6.07, 6.45) is -1.02. The average molecular weight is 272 g/mol. The molecule has 4 heteroatoms. The minimum atomic E-state index is -1.05. The summed E-state index contributed by atoms with van der Waals surface area (Å²) in [5, 5.41) is 9.12. The van der Waals surface area contributed by atoms with E-state index >= 15 is 0 Å². The first-order valence-electron chi connectivity index (χ1n) is 6.25. The molecule has 1 unspecified atom stereocenters. The minimum Gasteiger partial charge on any atom is -0.478 e. The lowest BCUT2D eigenvalue weighted by Crippen LogP contribution is -2.31. The van der Waals surface area contributed by atoms with Crippen LogP contribution in [0, 0.1) is 0 Å². The number of ether oxygens (including phenoxy) is 2. The predicted molar refractivity (Wildman–Crippen MR) is 75.8 cm³/mol. The Hall–Kier alpha value is -2.33. The van der Waals surface area contributed by atoms with Crippen LogP contribution < -0.4 is 4.74 Å². The van der Waals surface area contributed by atoms with Gasteiger partial charge in [-0.25, -0.2) is 4.79 Å². The van der Waals surface area contributed by atoms with E-state index in [-0.39, 0.29) is 6.61 Å². The fourth-order valence-corrected chi connectivity index (χ4v) is 1.89. The lowest BCUT2D eigenvalue weighted by Gasteiger charge is -2.17. The fourth-order valence-electron chi connectivity index (χ4n) is 1.89. The van der Waals surface area contributed by atoms with Gasteiger partial charge in [0.05, 0.1) is 6.61 Å². The lowest BCUT2D eigenvalue weighted by molar-refractivity contribution is -0.147. The van der Waals surface area contributed by atoms with Crippen molar-refractivity contribution >= 4 is 5.97 Å². The zero-order chi connectivity index (χ0) is 14.4. The molecule has 20 heavy (non-hydrogen) atoms. The Bertz CT molecular complexity index is 566. The summed E-state index contributed by atoms with van der Waals surface area (Å²) in [6.45, 7) is -0.00153. The van der Waals surface area contributed by atoms with Crippen molar-refractivity contribution in [2.24, 2.45) is 0 Å². The molecule has 0 aliphatic carbocycles. The second kappa shape index (κ2) is 6.73. The van der Waals surface area contributed by atoms with Crippen LogP contribution >= 0.6 is 0 Å². The van der Waals surface area contributed by atoms with Crippen LogP contribution in [0.3, 0.4) is 0 Å². The number of methoxy groups -OCH3 is 1. The number of aliphatic carboxylic acids is 1. The molecule has 1 atom stereocenters. The molecule has 0 saturated carbocycles. The topological polar surface area (TPSA) is 55.8 Å². The number of carboxylic acids is 1. The average Bonchev–Trinajstić information content (AvgIpc) is 2.48. The molecule has 0 amide bonds. The van der Waals surface area contributed by atoms with Crippen LogP contribution in [0.1, 0.15) is 0 Å². The quantitative estimate of drug-likeness (QED) is 0.878. The molecule has 0 bridgehead atoms. The SMILES string of the molecule is COCC(Oc1ccccc1-c1ccccc1)C(=O)O. The van der Waals surface area contributed by atoms with Crippen LogP contribution in [0.4, 0.5) is 0 Å². The number of carbonyl (C=O) groups is 1. The molecular formula is C16H16O4. The lowest BCUT2D eigenvalue weighted by atomic mass is 10.0. The zero-order valence-electron chi connectivity index (χ0n) is 11.2. The first kappa shape index (κ1) is 14.1. The molecule has 104 valence electrons. The molecule has 0 fully saturated rings. The van der Waals surface area contributed by atoms with Gasteiger partial charge in [0.25, 0.3) is 0 Å². The molecule has 0 saturated heterocycles. The van der Waals surface area contributed by atoms with Gasteiger partial charge in [-0.05, 0) is 11.6 Å². The molecule has 1 N–H and O–H groups in total. The molecule has 0 radical (unpaired) electrons. The van der Waals surface area contributed by atoms with E-state index in [0.29, 0.717) is 5.75 Å². The normalized spacial score (nSPS) is 11.8. The van der Waals surface area contributed by atoms with E-state index in [1.165, 1.54) is 7.11 Å². The van der Waals surface area contributed by atoms with Crippen molar-refractivity contribution in [2.75, 3.05) is 13.7 Å². The molecule has 0 aliphatic heterocycles. The Morgan fingerprint density at radius 2 is 1.75 bits per heavy atom. The Morgan fingerprint density at radius 3 is 2.40 bits per heavy atom. The number of benzene rings is 2. The third kappa shape index (κ3) is 3.36. The molecule has 0 aromatic heterocycles. The van der Waals surface area contributed by atoms with Gasteiger partial charge in [-0.3, -0.25) is 0 Å². The summed E-state index contributed by atoms with van der Waals surface area (Å²) in [6, 6.07) is 17.0. The van der Waals surface area contributed by atoms with Crippen molar-refractivity contribution in [3.8, 4) is 16.9 Å². The van der Waals surface area contributed by atoms with Gasteiger partial charge >= 0.3 is 5.97 Å². The van der Waals surface area contributed by atoms with Gasteiger partial charge in [0.2, 0.25) is 6.10 Å². The predicted octanol–water partition coefficient (Wildman–Crippen LogP) is 2.83. The maximum atomic E-state index is 11.1. The summed E-state index contributed by atoms with van der Waals surface area (Å²) in [5.74, 6) is -0.516.